The summed E-state index contributed by atoms with van der Waals surface area (Å²) in [6.07, 6.45) is 0. The van der Waals surface area contributed by atoms with Crippen LogP contribution in [0.1, 0.15) is 56.3 Å². The second kappa shape index (κ2) is 11.4. The Kier molecular flexibility index (Phi) is 8.57. The van der Waals surface area contributed by atoms with Crippen LogP contribution in [0.5, 0.6) is 5.75 Å². The van der Waals surface area contributed by atoms with Crippen LogP contribution in [-0.2, 0) is 14.3 Å². The van der Waals surface area contributed by atoms with Gasteiger partial charge < -0.3 is 24.4 Å². The van der Waals surface area contributed by atoms with Crippen LogP contribution in [0.4, 0.5) is 5.69 Å². The minimum Gasteiger partial charge on any atom is -0.507 e. The van der Waals surface area contributed by atoms with Crippen molar-refractivity contribution >= 4 is 23.1 Å². The molecular formula is C28H36N2O5. The van der Waals surface area contributed by atoms with Crippen LogP contribution in [-0.4, -0.2) is 62.2 Å². The summed E-state index contributed by atoms with van der Waals surface area (Å²) in [4.78, 5) is 29.9. The molecule has 1 aliphatic rings. The molecule has 188 valence electrons. The molecule has 1 fully saturated rings. The molecule has 0 spiro atoms. The van der Waals surface area contributed by atoms with E-state index in [1.165, 1.54) is 4.90 Å². The van der Waals surface area contributed by atoms with Crippen molar-refractivity contribution in [2.24, 2.45) is 0 Å². The van der Waals surface area contributed by atoms with Gasteiger partial charge in [-0.15, -0.1) is 0 Å². The Morgan fingerprint density at radius 2 is 1.71 bits per heavy atom. The number of methoxy groups -OCH3 is 2. The first-order valence-electron chi connectivity index (χ1n) is 12.1. The highest BCUT2D eigenvalue weighted by Crippen LogP contribution is 2.40. The summed E-state index contributed by atoms with van der Waals surface area (Å²) in [6.45, 7) is 10.5. The fourth-order valence-corrected chi connectivity index (χ4v) is 4.59. The van der Waals surface area contributed by atoms with Crippen molar-refractivity contribution in [2.45, 2.75) is 39.7 Å². The van der Waals surface area contributed by atoms with Crippen LogP contribution in [0.25, 0.3) is 5.76 Å². The van der Waals surface area contributed by atoms with E-state index in [1.54, 1.807) is 26.4 Å². The smallest absolute Gasteiger partial charge is 0.295 e. The Bertz CT molecular complexity index is 1090. The molecule has 3 rings (SSSR count). The summed E-state index contributed by atoms with van der Waals surface area (Å²) in [5.74, 6) is -0.672. The van der Waals surface area contributed by atoms with E-state index >= 15 is 0 Å². The number of amides is 1. The highest BCUT2D eigenvalue weighted by molar-refractivity contribution is 6.46. The number of aliphatic hydroxyl groups excluding tert-OH is 1. The number of anilines is 1. The zero-order chi connectivity index (χ0) is 25.7. The number of Topliss-reactive ketones (excluding diaryl/α,β-unsaturated/α-hetero) is 1. The van der Waals surface area contributed by atoms with Crippen LogP contribution in [0.3, 0.4) is 0 Å². The van der Waals surface area contributed by atoms with E-state index in [0.29, 0.717) is 11.3 Å². The fraction of sp³-hybridized carbons (Fsp3) is 0.429. The van der Waals surface area contributed by atoms with Gasteiger partial charge in [-0.2, -0.15) is 0 Å². The SMILES string of the molecule is CCN(CC)c1ccc(C2/C(=C(/O)c3ccc(OC)c(C(C)C)c3)C(=O)C(=O)N2CCOC)cc1. The summed E-state index contributed by atoms with van der Waals surface area (Å²) in [5, 5.41) is 11.4. The molecule has 0 aliphatic carbocycles. The third-order valence-corrected chi connectivity index (χ3v) is 6.54. The molecule has 1 amide bonds. The van der Waals surface area contributed by atoms with Gasteiger partial charge in [0.25, 0.3) is 11.7 Å². The van der Waals surface area contributed by atoms with Crippen molar-refractivity contribution in [3.8, 4) is 5.75 Å². The van der Waals surface area contributed by atoms with Crippen molar-refractivity contribution in [3.05, 3.63) is 64.7 Å². The van der Waals surface area contributed by atoms with Crippen molar-refractivity contribution in [3.63, 3.8) is 0 Å². The van der Waals surface area contributed by atoms with Crippen molar-refractivity contribution in [1.82, 2.24) is 4.90 Å². The zero-order valence-electron chi connectivity index (χ0n) is 21.5. The lowest BCUT2D eigenvalue weighted by molar-refractivity contribution is -0.140. The summed E-state index contributed by atoms with van der Waals surface area (Å²) >= 11 is 0. The van der Waals surface area contributed by atoms with Gasteiger partial charge in [0.1, 0.15) is 11.5 Å². The Morgan fingerprint density at radius 3 is 2.26 bits per heavy atom. The molecule has 0 bridgehead atoms. The van der Waals surface area contributed by atoms with Crippen LogP contribution < -0.4 is 9.64 Å². The number of hydrogen-bond donors (Lipinski definition) is 1. The number of hydrogen-bond acceptors (Lipinski definition) is 6. The van der Waals surface area contributed by atoms with Gasteiger partial charge >= 0.3 is 0 Å². The predicted octanol–water partition coefficient (Wildman–Crippen LogP) is 4.73. The number of carbonyl (C=O) groups is 2. The lowest BCUT2D eigenvalue weighted by Gasteiger charge is -2.26. The normalized spacial score (nSPS) is 17.3. The number of carbonyl (C=O) groups excluding carboxylic acids is 2. The molecule has 0 radical (unpaired) electrons. The summed E-state index contributed by atoms with van der Waals surface area (Å²) in [6, 6.07) is 12.4. The molecule has 0 aromatic heterocycles. The minimum atomic E-state index is -0.708. The number of benzene rings is 2. The highest BCUT2D eigenvalue weighted by Gasteiger charge is 2.45. The largest absolute Gasteiger partial charge is 0.507 e. The number of ketones is 1. The molecular weight excluding hydrogens is 444 g/mol. The maximum absolute atomic E-state index is 13.2. The topological polar surface area (TPSA) is 79.3 Å². The maximum atomic E-state index is 13.2. The molecule has 1 aliphatic heterocycles. The Morgan fingerprint density at radius 1 is 1.06 bits per heavy atom. The predicted molar refractivity (Wildman–Crippen MR) is 138 cm³/mol. The van der Waals surface area contributed by atoms with Crippen LogP contribution in [0, 0.1) is 0 Å². The van der Waals surface area contributed by atoms with Crippen molar-refractivity contribution < 1.29 is 24.2 Å². The molecule has 2 aromatic rings. The molecule has 1 N–H and O–H groups in total. The van der Waals surface area contributed by atoms with Crippen LogP contribution in [0.15, 0.2) is 48.0 Å². The Balaban J connectivity index is 2.15. The molecule has 1 saturated heterocycles. The number of likely N-dealkylation sites (tertiary alicyclic amines) is 1. The van der Waals surface area contributed by atoms with Crippen LogP contribution in [0.2, 0.25) is 0 Å². The van der Waals surface area contributed by atoms with E-state index in [1.807, 2.05) is 44.2 Å². The first-order valence-corrected chi connectivity index (χ1v) is 12.1. The Hall–Kier alpha value is -3.32. The third-order valence-electron chi connectivity index (χ3n) is 6.54. The lowest BCUT2D eigenvalue weighted by atomic mass is 9.93. The number of aliphatic hydroxyl groups is 1. The molecule has 7 nitrogen and oxygen atoms in total. The van der Waals surface area contributed by atoms with E-state index in [9.17, 15) is 14.7 Å². The minimum absolute atomic E-state index is 0.0848. The molecule has 0 saturated carbocycles. The number of nitrogens with zero attached hydrogens (tertiary/aromatic N) is 2. The van der Waals surface area contributed by atoms with Gasteiger partial charge in [0, 0.05) is 38.0 Å². The van der Waals surface area contributed by atoms with Gasteiger partial charge in [-0.05, 0) is 61.2 Å². The summed E-state index contributed by atoms with van der Waals surface area (Å²) < 4.78 is 10.7. The average molecular weight is 481 g/mol. The maximum Gasteiger partial charge on any atom is 0.295 e. The van der Waals surface area contributed by atoms with E-state index in [2.05, 4.69) is 18.7 Å². The molecule has 1 unspecified atom stereocenters. The standard InChI is InChI=1S/C28H36N2O5/c1-7-29(8-2)21-12-9-19(10-13-21)25-24(27(32)28(33)30(25)15-16-34-5)26(31)20-11-14-23(35-6)22(17-20)18(3)4/h9-14,17-18,25,31H,7-8,15-16H2,1-6H3/b26-24-. The third kappa shape index (κ3) is 5.20. The summed E-state index contributed by atoms with van der Waals surface area (Å²) in [7, 11) is 3.15. The van der Waals surface area contributed by atoms with E-state index in [0.717, 1.165) is 29.9 Å². The first-order chi connectivity index (χ1) is 16.8. The van der Waals surface area contributed by atoms with Gasteiger partial charge in [0.15, 0.2) is 0 Å². The van der Waals surface area contributed by atoms with Crippen molar-refractivity contribution in [2.75, 3.05) is 45.4 Å². The van der Waals surface area contributed by atoms with Gasteiger partial charge in [0.2, 0.25) is 0 Å². The fourth-order valence-electron chi connectivity index (χ4n) is 4.59. The van der Waals surface area contributed by atoms with Gasteiger partial charge in [-0.25, -0.2) is 0 Å². The molecule has 7 heteroatoms. The molecule has 2 aromatic carbocycles. The second-order valence-electron chi connectivity index (χ2n) is 8.86. The lowest BCUT2D eigenvalue weighted by Crippen LogP contribution is -2.32. The van der Waals surface area contributed by atoms with Crippen LogP contribution >= 0.6 is 0 Å². The van der Waals surface area contributed by atoms with Crippen molar-refractivity contribution in [1.29, 1.82) is 0 Å². The van der Waals surface area contributed by atoms with E-state index in [-0.39, 0.29) is 30.4 Å². The zero-order valence-corrected chi connectivity index (χ0v) is 21.5. The Labute approximate surface area is 207 Å². The number of rotatable bonds is 10. The number of ether oxygens (including phenoxy) is 2. The summed E-state index contributed by atoms with van der Waals surface area (Å²) in [5.41, 5.74) is 3.29. The highest BCUT2D eigenvalue weighted by atomic mass is 16.5. The molecule has 1 heterocycles. The van der Waals surface area contributed by atoms with Gasteiger partial charge in [-0.1, -0.05) is 26.0 Å². The second-order valence-corrected chi connectivity index (χ2v) is 8.86. The molecule has 35 heavy (non-hydrogen) atoms. The van der Waals surface area contributed by atoms with E-state index in [4.69, 9.17) is 9.47 Å². The average Bonchev–Trinajstić information content (AvgIpc) is 3.12. The quantitative estimate of drug-likeness (QED) is 0.301. The molecule has 1 atom stereocenters. The van der Waals surface area contributed by atoms with Gasteiger partial charge in [-0.3, -0.25) is 9.59 Å². The van der Waals surface area contributed by atoms with Gasteiger partial charge in [0.05, 0.1) is 25.3 Å². The monoisotopic (exact) mass is 480 g/mol. The first kappa shape index (κ1) is 26.3. The van der Waals surface area contributed by atoms with E-state index < -0.39 is 17.7 Å².